The van der Waals surface area contributed by atoms with Crippen LogP contribution in [0.2, 0.25) is 0 Å². The summed E-state index contributed by atoms with van der Waals surface area (Å²) in [7, 11) is 0. The van der Waals surface area contributed by atoms with Gasteiger partial charge in [-0.3, -0.25) is 9.69 Å². The largest absolute Gasteiger partial charge is 0.340 e. The topological polar surface area (TPSA) is 26.8 Å². The van der Waals surface area contributed by atoms with E-state index in [1.165, 1.54) is 24.0 Å². The van der Waals surface area contributed by atoms with Crippen LogP contribution in [0.15, 0.2) is 66.7 Å². The van der Waals surface area contributed by atoms with Gasteiger partial charge in [-0.1, -0.05) is 79.7 Å². The Hall–Kier alpha value is -2.43. The first kappa shape index (κ1) is 23.3. The molecule has 0 bridgehead atoms. The number of benzene rings is 2. The smallest absolute Gasteiger partial charge is 0.226 e. The Labute approximate surface area is 205 Å². The van der Waals surface area contributed by atoms with Crippen molar-refractivity contribution < 1.29 is 4.79 Å². The lowest BCUT2D eigenvalue weighted by molar-refractivity contribution is -0.135. The van der Waals surface area contributed by atoms with Crippen molar-refractivity contribution in [3.05, 3.63) is 77.9 Å². The van der Waals surface area contributed by atoms with Crippen molar-refractivity contribution in [2.24, 2.45) is 11.3 Å². The van der Waals surface area contributed by atoms with Gasteiger partial charge >= 0.3 is 0 Å². The van der Waals surface area contributed by atoms with Crippen LogP contribution in [-0.2, 0) is 4.79 Å². The lowest BCUT2D eigenvalue weighted by Gasteiger charge is -2.36. The van der Waals surface area contributed by atoms with Crippen LogP contribution in [-0.4, -0.2) is 73.0 Å². The quantitative estimate of drug-likeness (QED) is 0.600. The monoisotopic (exact) mass is 457 g/mol. The van der Waals surface area contributed by atoms with Crippen LogP contribution in [0.4, 0.5) is 0 Å². The predicted molar refractivity (Wildman–Crippen MR) is 140 cm³/mol. The lowest BCUT2D eigenvalue weighted by atomic mass is 9.89. The molecule has 0 radical (unpaired) electrons. The van der Waals surface area contributed by atoms with Crippen molar-refractivity contribution >= 4 is 12.0 Å². The molecule has 2 atom stereocenters. The van der Waals surface area contributed by atoms with Crippen molar-refractivity contribution in [1.29, 1.82) is 0 Å². The number of amides is 1. The highest BCUT2D eigenvalue weighted by atomic mass is 16.2. The molecule has 2 heterocycles. The van der Waals surface area contributed by atoms with E-state index in [-0.39, 0.29) is 5.92 Å². The first-order valence-corrected chi connectivity index (χ1v) is 13.1. The molecule has 0 N–H and O–H groups in total. The second kappa shape index (κ2) is 10.5. The first-order chi connectivity index (χ1) is 16.6. The summed E-state index contributed by atoms with van der Waals surface area (Å²) in [4.78, 5) is 20.5. The third kappa shape index (κ3) is 5.45. The second-order valence-corrected chi connectivity index (χ2v) is 10.7. The van der Waals surface area contributed by atoms with E-state index in [4.69, 9.17) is 0 Å². The van der Waals surface area contributed by atoms with E-state index in [1.54, 1.807) is 0 Å². The highest BCUT2D eigenvalue weighted by Crippen LogP contribution is 2.60. The van der Waals surface area contributed by atoms with E-state index in [9.17, 15) is 4.79 Å². The van der Waals surface area contributed by atoms with Crippen LogP contribution in [0, 0.1) is 11.3 Å². The van der Waals surface area contributed by atoms with E-state index in [0.717, 1.165) is 58.8 Å². The summed E-state index contributed by atoms with van der Waals surface area (Å²) < 4.78 is 0. The summed E-state index contributed by atoms with van der Waals surface area (Å²) in [5.41, 5.74) is 2.98. The van der Waals surface area contributed by atoms with Gasteiger partial charge in [-0.2, -0.15) is 0 Å². The number of piperazine rings is 1. The molecule has 1 aliphatic carbocycles. The van der Waals surface area contributed by atoms with E-state index in [0.29, 0.717) is 17.2 Å². The van der Waals surface area contributed by atoms with Gasteiger partial charge in [0, 0.05) is 45.2 Å². The Morgan fingerprint density at radius 2 is 1.56 bits per heavy atom. The molecule has 2 saturated heterocycles. The molecule has 0 aromatic heterocycles. The zero-order chi connectivity index (χ0) is 23.4. The summed E-state index contributed by atoms with van der Waals surface area (Å²) in [6.45, 7) is 10.4. The van der Waals surface area contributed by atoms with Gasteiger partial charge in [0.1, 0.15) is 0 Å². The predicted octanol–water partition coefficient (Wildman–Crippen LogP) is 4.75. The number of carbonyl (C=O) groups excluding carboxylic acids is 1. The molecule has 1 spiro atoms. The van der Waals surface area contributed by atoms with Gasteiger partial charge in [0.2, 0.25) is 5.91 Å². The molecular weight excluding hydrogens is 418 g/mol. The van der Waals surface area contributed by atoms with Crippen LogP contribution < -0.4 is 0 Å². The minimum absolute atomic E-state index is 0.283. The van der Waals surface area contributed by atoms with Gasteiger partial charge in [0.15, 0.2) is 0 Å². The summed E-state index contributed by atoms with van der Waals surface area (Å²) in [6, 6.07) is 21.3. The van der Waals surface area contributed by atoms with Crippen LogP contribution in [0.3, 0.4) is 0 Å². The van der Waals surface area contributed by atoms with Crippen molar-refractivity contribution in [1.82, 2.24) is 14.7 Å². The molecule has 4 nitrogen and oxygen atoms in total. The number of rotatable bonds is 7. The van der Waals surface area contributed by atoms with Crippen LogP contribution >= 0.6 is 0 Å². The van der Waals surface area contributed by atoms with Crippen LogP contribution in [0.25, 0.3) is 6.08 Å². The molecule has 0 unspecified atom stereocenters. The SMILES string of the molecule is C[C@@H](CN1CCC2(CC1)C[C@@H]2C(=O)N1CCN(C/C=C/c2ccccc2)CC1)c1ccccc1. The summed E-state index contributed by atoms with van der Waals surface area (Å²) in [5.74, 6) is 1.28. The Kier molecular flexibility index (Phi) is 7.17. The Bertz CT molecular complexity index is 957. The molecule has 5 rings (SSSR count). The average Bonchev–Trinajstić information content (AvgIpc) is 3.60. The molecule has 180 valence electrons. The molecule has 2 aromatic rings. The maximum absolute atomic E-state index is 13.3. The van der Waals surface area contributed by atoms with E-state index >= 15 is 0 Å². The Morgan fingerprint density at radius 1 is 0.912 bits per heavy atom. The highest BCUT2D eigenvalue weighted by molar-refractivity contribution is 5.83. The summed E-state index contributed by atoms with van der Waals surface area (Å²) in [5, 5.41) is 0. The minimum Gasteiger partial charge on any atom is -0.340 e. The van der Waals surface area contributed by atoms with Crippen LogP contribution in [0.1, 0.15) is 43.2 Å². The number of nitrogens with zero attached hydrogens (tertiary/aromatic N) is 3. The van der Waals surface area contributed by atoms with Gasteiger partial charge < -0.3 is 9.80 Å². The Morgan fingerprint density at radius 3 is 2.24 bits per heavy atom. The van der Waals surface area contributed by atoms with Crippen molar-refractivity contribution in [2.75, 3.05) is 52.4 Å². The van der Waals surface area contributed by atoms with Crippen molar-refractivity contribution in [2.45, 2.75) is 32.1 Å². The van der Waals surface area contributed by atoms with Crippen molar-refractivity contribution in [3.63, 3.8) is 0 Å². The number of likely N-dealkylation sites (tertiary alicyclic amines) is 1. The highest BCUT2D eigenvalue weighted by Gasteiger charge is 2.59. The number of carbonyl (C=O) groups is 1. The van der Waals surface area contributed by atoms with Gasteiger partial charge in [-0.05, 0) is 54.8 Å². The molecule has 2 aliphatic heterocycles. The molecule has 1 amide bonds. The zero-order valence-electron chi connectivity index (χ0n) is 20.6. The maximum atomic E-state index is 13.3. The molecular formula is C30H39N3O. The van der Waals surface area contributed by atoms with Crippen molar-refractivity contribution in [3.8, 4) is 0 Å². The molecule has 2 aromatic carbocycles. The number of hydrogen-bond acceptors (Lipinski definition) is 3. The van der Waals surface area contributed by atoms with Gasteiger partial charge in [-0.15, -0.1) is 0 Å². The third-order valence-corrected chi connectivity index (χ3v) is 8.40. The minimum atomic E-state index is 0.283. The van der Waals surface area contributed by atoms with E-state index in [1.807, 2.05) is 6.07 Å². The molecule has 34 heavy (non-hydrogen) atoms. The molecule has 1 saturated carbocycles. The molecule has 3 fully saturated rings. The number of hydrogen-bond donors (Lipinski definition) is 0. The zero-order valence-corrected chi connectivity index (χ0v) is 20.6. The van der Waals surface area contributed by atoms with Gasteiger partial charge in [0.25, 0.3) is 0 Å². The normalized spacial score (nSPS) is 23.9. The molecule has 4 heteroatoms. The van der Waals surface area contributed by atoms with Gasteiger partial charge in [0.05, 0.1) is 0 Å². The fourth-order valence-electron chi connectivity index (χ4n) is 5.98. The third-order valence-electron chi connectivity index (χ3n) is 8.40. The van der Waals surface area contributed by atoms with E-state index in [2.05, 4.69) is 88.4 Å². The fourth-order valence-corrected chi connectivity index (χ4v) is 5.98. The fraction of sp³-hybridized carbons (Fsp3) is 0.500. The Balaban J connectivity index is 1.03. The summed E-state index contributed by atoms with van der Waals surface area (Å²) >= 11 is 0. The second-order valence-electron chi connectivity index (χ2n) is 10.7. The molecule has 3 aliphatic rings. The maximum Gasteiger partial charge on any atom is 0.226 e. The van der Waals surface area contributed by atoms with E-state index < -0.39 is 0 Å². The van der Waals surface area contributed by atoms with Crippen LogP contribution in [0.5, 0.6) is 0 Å². The number of piperidine rings is 1. The average molecular weight is 458 g/mol. The van der Waals surface area contributed by atoms with Gasteiger partial charge in [-0.25, -0.2) is 0 Å². The summed E-state index contributed by atoms with van der Waals surface area (Å²) in [6.07, 6.45) is 7.94. The first-order valence-electron chi connectivity index (χ1n) is 13.1. The lowest BCUT2D eigenvalue weighted by Crippen LogP contribution is -2.49. The standard InChI is InChI=1S/C30H39N3O/c1-25(27-12-6-3-7-13-27)24-32-17-14-30(15-18-32)23-28(30)29(34)33-21-19-31(20-22-33)16-8-11-26-9-4-2-5-10-26/h2-13,25,28H,14-24H2,1H3/b11-8+/t25-,28+/m0/s1.